The summed E-state index contributed by atoms with van der Waals surface area (Å²) >= 11 is 0. The molecule has 0 atom stereocenters. The van der Waals surface area contributed by atoms with Crippen LogP contribution in [0.1, 0.15) is 6.42 Å². The van der Waals surface area contributed by atoms with Crippen molar-refractivity contribution in [3.8, 4) is 5.88 Å². The molecule has 2 rings (SSSR count). The van der Waals surface area contributed by atoms with Gasteiger partial charge < -0.3 is 4.74 Å². The van der Waals surface area contributed by atoms with Gasteiger partial charge in [0.15, 0.2) is 5.65 Å². The first-order valence-corrected chi connectivity index (χ1v) is 5.27. The number of pyridine rings is 1. The topological polar surface area (TPSA) is 57.0 Å². The highest BCUT2D eigenvalue weighted by Gasteiger charge is 2.06. The molecule has 0 aliphatic heterocycles. The van der Waals surface area contributed by atoms with Crippen LogP contribution in [-0.2, 0) is 6.54 Å². The van der Waals surface area contributed by atoms with Crippen molar-refractivity contribution in [2.45, 2.75) is 13.0 Å². The van der Waals surface area contributed by atoms with Crippen LogP contribution in [0.25, 0.3) is 11.2 Å². The Labute approximate surface area is 98.4 Å². The predicted octanol–water partition coefficient (Wildman–Crippen LogP) is 1.38. The van der Waals surface area contributed by atoms with Crippen LogP contribution in [0.2, 0.25) is 0 Å². The van der Waals surface area contributed by atoms with Gasteiger partial charge in [0.05, 0.1) is 13.3 Å². The summed E-state index contributed by atoms with van der Waals surface area (Å²) in [4.78, 5) is 20.0. The number of hydrogen-bond acceptors (Lipinski definition) is 4. The van der Waals surface area contributed by atoms with Crippen molar-refractivity contribution < 1.29 is 4.74 Å². The third-order valence-corrected chi connectivity index (χ3v) is 2.43. The summed E-state index contributed by atoms with van der Waals surface area (Å²) < 4.78 is 6.62. The van der Waals surface area contributed by atoms with Crippen LogP contribution in [0.3, 0.4) is 0 Å². The first-order chi connectivity index (χ1) is 8.26. The largest absolute Gasteiger partial charge is 0.481 e. The van der Waals surface area contributed by atoms with E-state index in [1.807, 2.05) is 0 Å². The summed E-state index contributed by atoms with van der Waals surface area (Å²) in [7, 11) is 1.54. The van der Waals surface area contributed by atoms with E-state index in [0.29, 0.717) is 30.0 Å². The number of ether oxygens (including phenoxy) is 1. The van der Waals surface area contributed by atoms with E-state index in [2.05, 4.69) is 16.5 Å². The van der Waals surface area contributed by atoms with E-state index in [0.717, 1.165) is 0 Å². The van der Waals surface area contributed by atoms with Gasteiger partial charge in [0, 0.05) is 12.6 Å². The Hall–Kier alpha value is -2.17. The second-order valence-corrected chi connectivity index (χ2v) is 3.52. The quantitative estimate of drug-likeness (QED) is 0.746. The lowest BCUT2D eigenvalue weighted by molar-refractivity contribution is 0.398. The van der Waals surface area contributed by atoms with Crippen LogP contribution < -0.4 is 10.3 Å². The standard InChI is InChI=1S/C12H13N3O2/c1-3-4-7-15-11(16)8-13-9-5-6-10(17-2)14-12(9)15/h3,5-6,8H,1,4,7H2,2H3. The molecule has 5 nitrogen and oxygen atoms in total. The molecule has 2 aromatic heterocycles. The van der Waals surface area contributed by atoms with Crippen molar-refractivity contribution in [3.05, 3.63) is 41.3 Å². The highest BCUT2D eigenvalue weighted by atomic mass is 16.5. The van der Waals surface area contributed by atoms with Crippen LogP contribution >= 0.6 is 0 Å². The van der Waals surface area contributed by atoms with E-state index < -0.39 is 0 Å². The number of rotatable bonds is 4. The molecule has 0 fully saturated rings. The Bertz CT molecular complexity index is 604. The van der Waals surface area contributed by atoms with Gasteiger partial charge in [0.2, 0.25) is 5.88 Å². The summed E-state index contributed by atoms with van der Waals surface area (Å²) in [5.74, 6) is 0.470. The molecule has 88 valence electrons. The molecular formula is C12H13N3O2. The lowest BCUT2D eigenvalue weighted by Crippen LogP contribution is -2.21. The molecule has 0 spiro atoms. The lowest BCUT2D eigenvalue weighted by Gasteiger charge is -2.08. The highest BCUT2D eigenvalue weighted by molar-refractivity contribution is 5.70. The van der Waals surface area contributed by atoms with Gasteiger partial charge >= 0.3 is 0 Å². The molecule has 0 amide bonds. The fourth-order valence-corrected chi connectivity index (χ4v) is 1.57. The summed E-state index contributed by atoms with van der Waals surface area (Å²) in [6.07, 6.45) is 3.77. The summed E-state index contributed by atoms with van der Waals surface area (Å²) in [6.45, 7) is 4.19. The second-order valence-electron chi connectivity index (χ2n) is 3.52. The molecule has 0 aliphatic rings. The van der Waals surface area contributed by atoms with E-state index in [1.165, 1.54) is 13.3 Å². The predicted molar refractivity (Wildman–Crippen MR) is 65.2 cm³/mol. The van der Waals surface area contributed by atoms with Crippen molar-refractivity contribution in [1.82, 2.24) is 14.5 Å². The Balaban J connectivity index is 2.64. The zero-order chi connectivity index (χ0) is 12.3. The number of hydrogen-bond donors (Lipinski definition) is 0. The minimum absolute atomic E-state index is 0.167. The average molecular weight is 231 g/mol. The number of methoxy groups -OCH3 is 1. The second kappa shape index (κ2) is 4.78. The summed E-state index contributed by atoms with van der Waals surface area (Å²) in [6, 6.07) is 3.50. The molecule has 5 heteroatoms. The van der Waals surface area contributed by atoms with Gasteiger partial charge in [-0.3, -0.25) is 9.36 Å². The highest BCUT2D eigenvalue weighted by Crippen LogP contribution is 2.12. The van der Waals surface area contributed by atoms with Gasteiger partial charge in [0.25, 0.3) is 5.56 Å². The molecule has 0 aromatic carbocycles. The van der Waals surface area contributed by atoms with Gasteiger partial charge in [-0.05, 0) is 12.5 Å². The maximum Gasteiger partial charge on any atom is 0.270 e. The number of fused-ring (bicyclic) bond motifs is 1. The van der Waals surface area contributed by atoms with Crippen molar-refractivity contribution in [2.24, 2.45) is 0 Å². The van der Waals surface area contributed by atoms with E-state index in [-0.39, 0.29) is 5.56 Å². The molecule has 17 heavy (non-hydrogen) atoms. The molecular weight excluding hydrogens is 218 g/mol. The number of allylic oxidation sites excluding steroid dienone is 1. The third-order valence-electron chi connectivity index (χ3n) is 2.43. The smallest absolute Gasteiger partial charge is 0.270 e. The monoisotopic (exact) mass is 231 g/mol. The maximum atomic E-state index is 11.7. The minimum atomic E-state index is -0.167. The Morgan fingerprint density at radius 1 is 1.53 bits per heavy atom. The fraction of sp³-hybridized carbons (Fsp3) is 0.250. The van der Waals surface area contributed by atoms with E-state index in [1.54, 1.807) is 22.8 Å². The number of aryl methyl sites for hydroxylation is 1. The third kappa shape index (κ3) is 2.18. The normalized spacial score (nSPS) is 10.4. The van der Waals surface area contributed by atoms with Crippen LogP contribution in [-0.4, -0.2) is 21.6 Å². The number of nitrogens with zero attached hydrogens (tertiary/aromatic N) is 3. The molecule has 0 saturated carbocycles. The van der Waals surface area contributed by atoms with Crippen LogP contribution in [0.4, 0.5) is 0 Å². The van der Waals surface area contributed by atoms with Crippen molar-refractivity contribution in [1.29, 1.82) is 0 Å². The first kappa shape index (κ1) is 11.3. The molecule has 2 heterocycles. The Kier molecular flexibility index (Phi) is 3.18. The summed E-state index contributed by atoms with van der Waals surface area (Å²) in [5, 5.41) is 0. The minimum Gasteiger partial charge on any atom is -0.481 e. The zero-order valence-corrected chi connectivity index (χ0v) is 9.59. The zero-order valence-electron chi connectivity index (χ0n) is 9.59. The first-order valence-electron chi connectivity index (χ1n) is 5.27. The number of aromatic nitrogens is 3. The van der Waals surface area contributed by atoms with Gasteiger partial charge in [-0.1, -0.05) is 6.08 Å². The van der Waals surface area contributed by atoms with Gasteiger partial charge in [-0.15, -0.1) is 6.58 Å². The van der Waals surface area contributed by atoms with E-state index >= 15 is 0 Å². The van der Waals surface area contributed by atoms with E-state index in [9.17, 15) is 4.79 Å². The molecule has 0 unspecified atom stereocenters. The Morgan fingerprint density at radius 2 is 2.35 bits per heavy atom. The van der Waals surface area contributed by atoms with Crippen LogP contribution in [0.15, 0.2) is 35.8 Å². The van der Waals surface area contributed by atoms with Crippen molar-refractivity contribution in [2.75, 3.05) is 7.11 Å². The molecule has 0 radical (unpaired) electrons. The maximum absolute atomic E-state index is 11.7. The fourth-order valence-electron chi connectivity index (χ4n) is 1.57. The lowest BCUT2D eigenvalue weighted by atomic mass is 10.3. The molecule has 2 aromatic rings. The van der Waals surface area contributed by atoms with E-state index in [4.69, 9.17) is 4.74 Å². The van der Waals surface area contributed by atoms with Crippen molar-refractivity contribution in [3.63, 3.8) is 0 Å². The SMILES string of the molecule is C=CCCn1c(=O)cnc2ccc(OC)nc21. The van der Waals surface area contributed by atoms with Crippen LogP contribution in [0.5, 0.6) is 5.88 Å². The molecule has 0 bridgehead atoms. The molecule has 0 saturated heterocycles. The van der Waals surface area contributed by atoms with Gasteiger partial charge in [0.1, 0.15) is 5.52 Å². The molecule has 0 aliphatic carbocycles. The van der Waals surface area contributed by atoms with Crippen molar-refractivity contribution >= 4 is 11.2 Å². The molecule has 0 N–H and O–H groups in total. The Morgan fingerprint density at radius 3 is 3.06 bits per heavy atom. The van der Waals surface area contributed by atoms with Crippen LogP contribution in [0, 0.1) is 0 Å². The van der Waals surface area contributed by atoms with Gasteiger partial charge in [-0.2, -0.15) is 4.98 Å². The van der Waals surface area contributed by atoms with Gasteiger partial charge in [-0.25, -0.2) is 4.98 Å². The average Bonchev–Trinajstić information content (AvgIpc) is 2.37. The summed E-state index contributed by atoms with van der Waals surface area (Å²) in [5.41, 5.74) is 1.05.